The van der Waals surface area contributed by atoms with Crippen molar-refractivity contribution in [2.45, 2.75) is 18.9 Å². The highest BCUT2D eigenvalue weighted by molar-refractivity contribution is 9.10. The molecule has 18 heavy (non-hydrogen) atoms. The molecule has 1 aromatic heterocycles. The van der Waals surface area contributed by atoms with Gasteiger partial charge in [-0.2, -0.15) is 0 Å². The average Bonchev–Trinajstić information content (AvgIpc) is 2.76. The van der Waals surface area contributed by atoms with Gasteiger partial charge in [0.2, 0.25) is 0 Å². The summed E-state index contributed by atoms with van der Waals surface area (Å²) in [6.07, 6.45) is 3.95. The molecule has 1 aliphatic heterocycles. The van der Waals surface area contributed by atoms with Crippen LogP contribution >= 0.6 is 15.9 Å². The first-order valence-electron chi connectivity index (χ1n) is 6.23. The Morgan fingerprint density at radius 1 is 1.33 bits per heavy atom. The summed E-state index contributed by atoms with van der Waals surface area (Å²) in [5, 5.41) is 3.32. The van der Waals surface area contributed by atoms with Crippen LogP contribution in [0.15, 0.2) is 41.3 Å². The molecule has 1 aliphatic rings. The first-order chi connectivity index (χ1) is 8.75. The standard InChI is InChI=1S/C14H16BrN3/c1-10(11-2-4-13(15)5-3-11)18-9-17-8-14(18)12-6-16-7-12/h2-5,8-10,12,16H,6-7H2,1H3. The monoisotopic (exact) mass is 305 g/mol. The largest absolute Gasteiger partial charge is 0.327 e. The number of imidazole rings is 1. The van der Waals surface area contributed by atoms with Crippen LogP contribution in [0, 0.1) is 0 Å². The summed E-state index contributed by atoms with van der Waals surface area (Å²) >= 11 is 3.47. The van der Waals surface area contributed by atoms with E-state index < -0.39 is 0 Å². The van der Waals surface area contributed by atoms with Crippen LogP contribution in [0.3, 0.4) is 0 Å². The second-order valence-electron chi connectivity index (χ2n) is 4.81. The van der Waals surface area contributed by atoms with Gasteiger partial charge in [-0.15, -0.1) is 0 Å². The fraction of sp³-hybridized carbons (Fsp3) is 0.357. The smallest absolute Gasteiger partial charge is 0.0953 e. The summed E-state index contributed by atoms with van der Waals surface area (Å²) in [5.41, 5.74) is 2.65. The number of aromatic nitrogens is 2. The normalized spacial score (nSPS) is 17.4. The lowest BCUT2D eigenvalue weighted by molar-refractivity contribution is 0.418. The van der Waals surface area contributed by atoms with Crippen molar-refractivity contribution in [2.24, 2.45) is 0 Å². The Bertz CT molecular complexity index is 528. The predicted octanol–water partition coefficient (Wildman–Crippen LogP) is 2.94. The van der Waals surface area contributed by atoms with Gasteiger partial charge in [-0.25, -0.2) is 4.98 Å². The van der Waals surface area contributed by atoms with Crippen LogP contribution < -0.4 is 5.32 Å². The Labute approximate surface area is 115 Å². The average molecular weight is 306 g/mol. The molecule has 2 heterocycles. The second kappa shape index (κ2) is 4.86. The number of hydrogen-bond acceptors (Lipinski definition) is 2. The van der Waals surface area contributed by atoms with Gasteiger partial charge in [0.05, 0.1) is 12.4 Å². The fourth-order valence-electron chi connectivity index (χ4n) is 2.35. The van der Waals surface area contributed by atoms with Crippen LogP contribution in [0.2, 0.25) is 0 Å². The first kappa shape index (κ1) is 11.9. The van der Waals surface area contributed by atoms with E-state index in [2.05, 4.69) is 62.0 Å². The molecular formula is C14H16BrN3. The molecular weight excluding hydrogens is 290 g/mol. The third-order valence-corrected chi connectivity index (χ3v) is 4.19. The zero-order valence-electron chi connectivity index (χ0n) is 10.3. The van der Waals surface area contributed by atoms with Gasteiger partial charge in [-0.05, 0) is 24.6 Å². The van der Waals surface area contributed by atoms with Crippen LogP contribution in [-0.2, 0) is 0 Å². The number of rotatable bonds is 3. The van der Waals surface area contributed by atoms with E-state index in [1.54, 1.807) is 0 Å². The van der Waals surface area contributed by atoms with Crippen LogP contribution in [-0.4, -0.2) is 22.6 Å². The molecule has 2 aromatic rings. The number of benzene rings is 1. The van der Waals surface area contributed by atoms with E-state index in [-0.39, 0.29) is 0 Å². The van der Waals surface area contributed by atoms with Crippen molar-refractivity contribution < 1.29 is 0 Å². The van der Waals surface area contributed by atoms with E-state index in [4.69, 9.17) is 0 Å². The summed E-state index contributed by atoms with van der Waals surface area (Å²) in [5.74, 6) is 0.616. The zero-order chi connectivity index (χ0) is 12.5. The molecule has 0 saturated carbocycles. The van der Waals surface area contributed by atoms with Crippen LogP contribution in [0.5, 0.6) is 0 Å². The lowest BCUT2D eigenvalue weighted by atomic mass is 9.98. The molecule has 1 atom stereocenters. The second-order valence-corrected chi connectivity index (χ2v) is 5.72. The van der Waals surface area contributed by atoms with Gasteiger partial charge < -0.3 is 9.88 Å². The van der Waals surface area contributed by atoms with E-state index in [9.17, 15) is 0 Å². The van der Waals surface area contributed by atoms with Crippen LogP contribution in [0.4, 0.5) is 0 Å². The van der Waals surface area contributed by atoms with Crippen LogP contribution in [0.25, 0.3) is 0 Å². The lowest BCUT2D eigenvalue weighted by Gasteiger charge is -2.29. The van der Waals surface area contributed by atoms with Crippen molar-refractivity contribution in [3.8, 4) is 0 Å². The fourth-order valence-corrected chi connectivity index (χ4v) is 2.62. The Morgan fingerprint density at radius 3 is 2.67 bits per heavy atom. The van der Waals surface area contributed by atoms with Crippen molar-refractivity contribution >= 4 is 15.9 Å². The third-order valence-electron chi connectivity index (χ3n) is 3.67. The molecule has 4 heteroatoms. The van der Waals surface area contributed by atoms with Crippen molar-refractivity contribution in [1.82, 2.24) is 14.9 Å². The molecule has 1 aromatic carbocycles. The lowest BCUT2D eigenvalue weighted by Crippen LogP contribution is -2.41. The third kappa shape index (κ3) is 2.10. The molecule has 0 spiro atoms. The maximum atomic E-state index is 4.32. The summed E-state index contributed by atoms with van der Waals surface area (Å²) < 4.78 is 3.40. The molecule has 0 aliphatic carbocycles. The Kier molecular flexibility index (Phi) is 3.22. The quantitative estimate of drug-likeness (QED) is 0.945. The van der Waals surface area contributed by atoms with Crippen LogP contribution in [0.1, 0.15) is 30.1 Å². The molecule has 1 N–H and O–H groups in total. The molecule has 3 nitrogen and oxygen atoms in total. The van der Waals surface area contributed by atoms with Gasteiger partial charge in [0.15, 0.2) is 0 Å². The topological polar surface area (TPSA) is 29.9 Å². The maximum absolute atomic E-state index is 4.32. The molecule has 3 rings (SSSR count). The summed E-state index contributed by atoms with van der Waals surface area (Å²) in [7, 11) is 0. The van der Waals surface area contributed by atoms with Gasteiger partial charge in [-0.3, -0.25) is 0 Å². The van der Waals surface area contributed by atoms with Crippen molar-refractivity contribution in [3.05, 3.63) is 52.5 Å². The van der Waals surface area contributed by atoms with Gasteiger partial charge in [0.25, 0.3) is 0 Å². The van der Waals surface area contributed by atoms with Crippen molar-refractivity contribution in [1.29, 1.82) is 0 Å². The molecule has 0 radical (unpaired) electrons. The number of halogens is 1. The van der Waals surface area contributed by atoms with Gasteiger partial charge in [0, 0.05) is 35.4 Å². The van der Waals surface area contributed by atoms with E-state index in [0.717, 1.165) is 17.6 Å². The number of hydrogen-bond donors (Lipinski definition) is 1. The van der Waals surface area contributed by atoms with Gasteiger partial charge in [-0.1, -0.05) is 28.1 Å². The Morgan fingerprint density at radius 2 is 2.06 bits per heavy atom. The highest BCUT2D eigenvalue weighted by Gasteiger charge is 2.24. The zero-order valence-corrected chi connectivity index (χ0v) is 11.9. The van der Waals surface area contributed by atoms with Crippen molar-refractivity contribution in [3.63, 3.8) is 0 Å². The highest BCUT2D eigenvalue weighted by Crippen LogP contribution is 2.26. The molecule has 94 valence electrons. The summed E-state index contributed by atoms with van der Waals surface area (Å²) in [6, 6.07) is 8.84. The van der Waals surface area contributed by atoms with Gasteiger partial charge in [0.1, 0.15) is 0 Å². The molecule has 0 amide bonds. The Balaban J connectivity index is 1.89. The summed E-state index contributed by atoms with van der Waals surface area (Å²) in [6.45, 7) is 4.36. The number of nitrogens with zero attached hydrogens (tertiary/aromatic N) is 2. The summed E-state index contributed by atoms with van der Waals surface area (Å²) in [4.78, 5) is 4.32. The van der Waals surface area contributed by atoms with E-state index in [0.29, 0.717) is 12.0 Å². The number of nitrogens with one attached hydrogen (secondary N) is 1. The minimum atomic E-state index is 0.330. The van der Waals surface area contributed by atoms with E-state index >= 15 is 0 Å². The van der Waals surface area contributed by atoms with Crippen molar-refractivity contribution in [2.75, 3.05) is 13.1 Å². The Hall–Kier alpha value is -1.13. The highest BCUT2D eigenvalue weighted by atomic mass is 79.9. The van der Waals surface area contributed by atoms with Gasteiger partial charge >= 0.3 is 0 Å². The molecule has 1 unspecified atom stereocenters. The minimum Gasteiger partial charge on any atom is -0.327 e. The van der Waals surface area contributed by atoms with E-state index in [1.807, 2.05) is 12.5 Å². The maximum Gasteiger partial charge on any atom is 0.0953 e. The molecule has 0 bridgehead atoms. The van der Waals surface area contributed by atoms with E-state index in [1.165, 1.54) is 11.3 Å². The predicted molar refractivity (Wildman–Crippen MR) is 75.8 cm³/mol. The molecule has 1 saturated heterocycles. The SMILES string of the molecule is CC(c1ccc(Br)cc1)n1cncc1C1CNC1. The molecule has 1 fully saturated rings. The minimum absolute atomic E-state index is 0.330. The first-order valence-corrected chi connectivity index (χ1v) is 7.03.